The van der Waals surface area contributed by atoms with E-state index < -0.39 is 0 Å². The van der Waals surface area contributed by atoms with Gasteiger partial charge >= 0.3 is 0 Å². The van der Waals surface area contributed by atoms with E-state index >= 15 is 0 Å². The Balaban J connectivity index is 1.97. The third-order valence-corrected chi connectivity index (χ3v) is 3.17. The first kappa shape index (κ1) is 12.0. The van der Waals surface area contributed by atoms with Crippen molar-refractivity contribution in [3.63, 3.8) is 0 Å². The number of aromatic nitrogens is 2. The van der Waals surface area contributed by atoms with E-state index in [4.69, 9.17) is 5.73 Å². The van der Waals surface area contributed by atoms with Crippen LogP contribution in [0.2, 0.25) is 0 Å². The lowest BCUT2D eigenvalue weighted by molar-refractivity contribution is -0.765. The van der Waals surface area contributed by atoms with E-state index in [-0.39, 0.29) is 0 Å². The predicted octanol–water partition coefficient (Wildman–Crippen LogP) is 1.02. The Morgan fingerprint density at radius 2 is 2.29 bits per heavy atom. The summed E-state index contributed by atoms with van der Waals surface area (Å²) in [6.07, 6.45) is 10.6. The molecule has 1 aliphatic rings. The van der Waals surface area contributed by atoms with Crippen molar-refractivity contribution in [2.24, 2.45) is 10.7 Å². The van der Waals surface area contributed by atoms with Crippen molar-refractivity contribution in [1.29, 1.82) is 0 Å². The van der Waals surface area contributed by atoms with E-state index in [9.17, 15) is 0 Å². The maximum absolute atomic E-state index is 5.53. The summed E-state index contributed by atoms with van der Waals surface area (Å²) in [5, 5.41) is 0. The Kier molecular flexibility index (Phi) is 3.71. The van der Waals surface area contributed by atoms with Crippen molar-refractivity contribution in [2.45, 2.75) is 19.3 Å². The molecule has 5 heteroatoms. The third kappa shape index (κ3) is 2.81. The van der Waals surface area contributed by atoms with Crippen LogP contribution in [0.1, 0.15) is 18.7 Å². The number of H-pyrrole nitrogens is 1. The minimum atomic E-state index is 0.758. The van der Waals surface area contributed by atoms with Crippen LogP contribution in [0.5, 0.6) is 0 Å². The Bertz CT molecular complexity index is 407. The monoisotopic (exact) mass is 234 g/mol. The molecule has 0 bridgehead atoms. The molecule has 0 saturated heterocycles. The molecule has 0 aromatic carbocycles. The van der Waals surface area contributed by atoms with Crippen LogP contribution < -0.4 is 5.73 Å². The van der Waals surface area contributed by atoms with Gasteiger partial charge in [0.25, 0.3) is 0 Å². The van der Waals surface area contributed by atoms with Gasteiger partial charge in [-0.05, 0) is 19.4 Å². The summed E-state index contributed by atoms with van der Waals surface area (Å²) >= 11 is 0. The number of hydrogen-bond acceptors (Lipinski definition) is 3. The first-order valence-corrected chi connectivity index (χ1v) is 6.03. The molecular formula is C12H20N5+. The number of likely N-dealkylation sites (N-methyl/N-ethyl adjacent to an activating group) is 1. The Labute approximate surface area is 102 Å². The highest BCUT2D eigenvalue weighted by molar-refractivity contribution is 5.79. The summed E-state index contributed by atoms with van der Waals surface area (Å²) in [7, 11) is 2.18. The Morgan fingerprint density at radius 1 is 1.41 bits per heavy atom. The molecule has 2 rings (SSSR count). The van der Waals surface area contributed by atoms with E-state index in [2.05, 4.69) is 28.2 Å². The summed E-state index contributed by atoms with van der Waals surface area (Å²) in [5.41, 5.74) is 5.53. The molecule has 0 radical (unpaired) electrons. The average molecular weight is 234 g/mol. The largest absolute Gasteiger partial charge is 0.348 e. The first-order chi connectivity index (χ1) is 8.24. The summed E-state index contributed by atoms with van der Waals surface area (Å²) in [4.78, 5) is 11.8. The topological polar surface area (TPSA) is 67.1 Å². The number of nitrogens with one attached hydrogen (secondary N) is 1. The van der Waals surface area contributed by atoms with Crippen LogP contribution in [-0.2, 0) is 6.42 Å². The molecule has 0 amide bonds. The van der Waals surface area contributed by atoms with Crippen molar-refractivity contribution < 1.29 is 4.48 Å². The number of imidazole rings is 1. The van der Waals surface area contributed by atoms with Gasteiger partial charge in [-0.2, -0.15) is 0 Å². The summed E-state index contributed by atoms with van der Waals surface area (Å²) in [6, 6.07) is 0. The summed E-state index contributed by atoms with van der Waals surface area (Å²) in [5.74, 6) is 2.10. The standard InChI is InChI=1S/C12H20N5/c1-17(8-3-2-4-13)9-7-16-12(17)10-11-14-5-6-15-11/h5-7,9H,2-4,8,10,13H2,1H3,(H,14,15)/q+1. The predicted molar refractivity (Wildman–Crippen MR) is 68.2 cm³/mol. The van der Waals surface area contributed by atoms with Crippen LogP contribution in [0.15, 0.2) is 29.8 Å². The fourth-order valence-electron chi connectivity index (χ4n) is 2.04. The number of hydrogen-bond donors (Lipinski definition) is 2. The molecule has 1 aromatic rings. The highest BCUT2D eigenvalue weighted by Gasteiger charge is 2.30. The van der Waals surface area contributed by atoms with E-state index in [1.54, 1.807) is 6.20 Å². The van der Waals surface area contributed by atoms with Crippen LogP contribution in [0.25, 0.3) is 0 Å². The van der Waals surface area contributed by atoms with Gasteiger partial charge in [-0.25, -0.2) is 9.98 Å². The molecule has 2 heterocycles. The first-order valence-electron chi connectivity index (χ1n) is 6.03. The summed E-state index contributed by atoms with van der Waals surface area (Å²) < 4.78 is 0.778. The van der Waals surface area contributed by atoms with Crippen LogP contribution >= 0.6 is 0 Å². The van der Waals surface area contributed by atoms with Crippen molar-refractivity contribution >= 4 is 5.84 Å². The molecule has 0 saturated carbocycles. The number of aliphatic imine (C=N–C) groups is 1. The van der Waals surface area contributed by atoms with Gasteiger partial charge in [0.15, 0.2) is 0 Å². The second kappa shape index (κ2) is 5.25. The minimum Gasteiger partial charge on any atom is -0.348 e. The number of rotatable bonds is 6. The fourth-order valence-corrected chi connectivity index (χ4v) is 2.04. The van der Waals surface area contributed by atoms with Crippen LogP contribution in [-0.4, -0.2) is 40.4 Å². The van der Waals surface area contributed by atoms with Gasteiger partial charge in [0, 0.05) is 12.4 Å². The van der Waals surface area contributed by atoms with Crippen LogP contribution in [0, 0.1) is 0 Å². The molecule has 0 aliphatic carbocycles. The van der Waals surface area contributed by atoms with Gasteiger partial charge in [0.2, 0.25) is 5.84 Å². The van der Waals surface area contributed by atoms with E-state index in [0.717, 1.165) is 48.5 Å². The number of nitrogens with two attached hydrogens (primary N) is 1. The van der Waals surface area contributed by atoms with Gasteiger partial charge in [-0.1, -0.05) is 0 Å². The molecule has 17 heavy (non-hydrogen) atoms. The number of quaternary nitrogens is 1. The van der Waals surface area contributed by atoms with Crippen molar-refractivity contribution in [3.05, 3.63) is 30.6 Å². The van der Waals surface area contributed by atoms with Crippen molar-refractivity contribution in [2.75, 3.05) is 20.1 Å². The zero-order chi connectivity index (χ0) is 12.1. The van der Waals surface area contributed by atoms with Gasteiger partial charge in [0.05, 0.1) is 19.8 Å². The van der Waals surface area contributed by atoms with Crippen LogP contribution in [0.4, 0.5) is 0 Å². The Morgan fingerprint density at radius 3 is 3.00 bits per heavy atom. The maximum atomic E-state index is 5.53. The zero-order valence-electron chi connectivity index (χ0n) is 10.3. The van der Waals surface area contributed by atoms with Gasteiger partial charge in [-0.3, -0.25) is 4.48 Å². The normalized spacial score (nSPS) is 23.1. The second-order valence-electron chi connectivity index (χ2n) is 4.54. The van der Waals surface area contributed by atoms with E-state index in [1.807, 2.05) is 12.4 Å². The van der Waals surface area contributed by atoms with E-state index in [1.165, 1.54) is 0 Å². The van der Waals surface area contributed by atoms with Crippen molar-refractivity contribution in [1.82, 2.24) is 9.97 Å². The molecule has 1 aliphatic heterocycles. The molecule has 1 aromatic heterocycles. The second-order valence-corrected chi connectivity index (χ2v) is 4.54. The average Bonchev–Trinajstić information content (AvgIpc) is 2.92. The molecule has 0 spiro atoms. The number of unbranched alkanes of at least 4 members (excludes halogenated alkanes) is 1. The molecule has 1 unspecified atom stereocenters. The molecule has 0 fully saturated rings. The quantitative estimate of drug-likeness (QED) is 0.570. The lowest BCUT2D eigenvalue weighted by Gasteiger charge is -2.27. The van der Waals surface area contributed by atoms with Gasteiger partial charge in [-0.15, -0.1) is 0 Å². The maximum Gasteiger partial charge on any atom is 0.215 e. The molecule has 5 nitrogen and oxygen atoms in total. The van der Waals surface area contributed by atoms with E-state index in [0.29, 0.717) is 0 Å². The lowest BCUT2D eigenvalue weighted by Crippen LogP contribution is -2.44. The number of amidine groups is 1. The molecule has 3 N–H and O–H groups in total. The van der Waals surface area contributed by atoms with Crippen LogP contribution in [0.3, 0.4) is 0 Å². The smallest absolute Gasteiger partial charge is 0.215 e. The summed E-state index contributed by atoms with van der Waals surface area (Å²) in [6.45, 7) is 1.81. The fraction of sp³-hybridized carbons (Fsp3) is 0.500. The molecular weight excluding hydrogens is 214 g/mol. The minimum absolute atomic E-state index is 0.758. The number of aromatic amines is 1. The SMILES string of the molecule is C[N+]1(CCCCN)C=CN=C1Cc1ncc[nH]1. The van der Waals surface area contributed by atoms with Gasteiger partial charge in [0.1, 0.15) is 18.4 Å². The highest BCUT2D eigenvalue weighted by atomic mass is 15.4. The van der Waals surface area contributed by atoms with Crippen molar-refractivity contribution in [3.8, 4) is 0 Å². The molecule has 92 valence electrons. The zero-order valence-corrected chi connectivity index (χ0v) is 10.3. The third-order valence-electron chi connectivity index (χ3n) is 3.17. The Hall–Kier alpha value is -1.46. The number of nitrogens with zero attached hydrogens (tertiary/aromatic N) is 3. The van der Waals surface area contributed by atoms with Gasteiger partial charge < -0.3 is 10.7 Å². The highest BCUT2D eigenvalue weighted by Crippen LogP contribution is 2.17. The lowest BCUT2D eigenvalue weighted by atomic mass is 10.2. The molecule has 1 atom stereocenters.